The number of carbonyl (C=O) groups excluding carboxylic acids is 4. The van der Waals surface area contributed by atoms with Gasteiger partial charge in [0, 0.05) is 89.0 Å². The van der Waals surface area contributed by atoms with Crippen LogP contribution >= 0.6 is 0 Å². The molecule has 0 bridgehead atoms. The van der Waals surface area contributed by atoms with Gasteiger partial charge in [0.05, 0.1) is 23.0 Å². The van der Waals surface area contributed by atoms with Crippen molar-refractivity contribution in [2.24, 2.45) is 0 Å². The Kier molecular flexibility index (Phi) is 12.4. The first kappa shape index (κ1) is 45.1. The van der Waals surface area contributed by atoms with Crippen LogP contribution < -0.4 is 0 Å². The minimum absolute atomic E-state index is 0.119. The van der Waals surface area contributed by atoms with Crippen molar-refractivity contribution in [1.29, 1.82) is 0 Å². The average Bonchev–Trinajstić information content (AvgIpc) is 4.27. The van der Waals surface area contributed by atoms with Crippen molar-refractivity contribution in [3.05, 3.63) is 128 Å². The van der Waals surface area contributed by atoms with Gasteiger partial charge in [-0.25, -0.2) is 19.6 Å². The molecular formula is C50H54N14O6. The summed E-state index contributed by atoms with van der Waals surface area (Å²) in [6.45, 7) is 13.2. The summed E-state index contributed by atoms with van der Waals surface area (Å²) in [5, 5.41) is 22.5. The molecule has 2 aromatic carbocycles. The topological polar surface area (TPSA) is 213 Å². The minimum Gasteiger partial charge on any atom is -0.457 e. The number of aromatic nitrogens is 10. The number of esters is 2. The van der Waals surface area contributed by atoms with E-state index in [1.807, 2.05) is 46.5 Å². The van der Waals surface area contributed by atoms with E-state index in [1.165, 1.54) is 44.3 Å². The number of cyclic esters (lactones) is 2. The molecule has 2 aliphatic carbocycles. The summed E-state index contributed by atoms with van der Waals surface area (Å²) < 4.78 is 13.4. The third-order valence-corrected chi connectivity index (χ3v) is 15.3. The summed E-state index contributed by atoms with van der Waals surface area (Å²) in [4.78, 5) is 68.1. The number of benzene rings is 2. The highest BCUT2D eigenvalue weighted by Crippen LogP contribution is 2.37. The van der Waals surface area contributed by atoms with E-state index in [2.05, 4.69) is 76.8 Å². The zero-order chi connectivity index (χ0) is 47.9. The summed E-state index contributed by atoms with van der Waals surface area (Å²) >= 11 is 0. The smallest absolute Gasteiger partial charge is 0.338 e. The van der Waals surface area contributed by atoms with Crippen molar-refractivity contribution < 1.29 is 28.7 Å². The van der Waals surface area contributed by atoms with Crippen molar-refractivity contribution in [2.45, 2.75) is 77.4 Å². The third kappa shape index (κ3) is 8.80. The summed E-state index contributed by atoms with van der Waals surface area (Å²) in [5.74, 6) is 1.09. The Balaban J connectivity index is 0.000000152. The molecule has 70 heavy (non-hydrogen) atoms. The molecule has 6 aliphatic rings. The zero-order valence-corrected chi connectivity index (χ0v) is 39.4. The molecule has 0 saturated carbocycles. The fraction of sp³-hybridized carbons (Fsp3) is 0.440. The van der Waals surface area contributed by atoms with E-state index in [-0.39, 0.29) is 35.6 Å². The maximum Gasteiger partial charge on any atom is 0.338 e. The van der Waals surface area contributed by atoms with E-state index in [0.717, 1.165) is 137 Å². The molecule has 6 aromatic rings. The van der Waals surface area contributed by atoms with Crippen LogP contribution in [0.25, 0.3) is 11.6 Å². The number of hydrogen-bond acceptors (Lipinski definition) is 16. The van der Waals surface area contributed by atoms with Crippen molar-refractivity contribution in [3.8, 4) is 11.6 Å². The number of amides is 2. The van der Waals surface area contributed by atoms with Crippen LogP contribution in [0.2, 0.25) is 0 Å². The predicted octanol–water partition coefficient (Wildman–Crippen LogP) is 2.91. The molecule has 2 amide bonds. The summed E-state index contributed by atoms with van der Waals surface area (Å²) in [7, 11) is 0. The van der Waals surface area contributed by atoms with Crippen LogP contribution in [-0.2, 0) is 58.0 Å². The highest BCUT2D eigenvalue weighted by Gasteiger charge is 2.36. The Bertz CT molecular complexity index is 2760. The fourth-order valence-corrected chi connectivity index (χ4v) is 11.0. The Morgan fingerprint density at radius 2 is 1.03 bits per heavy atom. The molecule has 20 heteroatoms. The molecular weight excluding hydrogens is 893 g/mol. The number of fused-ring (bicyclic) bond motifs is 4. The number of rotatable bonds is 10. The standard InChI is InChI=1S/2C25H27N7O3/c2*1-16-17(2-5-20-22(16)14-35-25(20)34)6-7-30-8-10-31(11-9-30)24(33)19-4-3-18-12-23(26-13-21(18)19)32-15-27-28-29-32/h2*2,5,12-13,15,19H,3-4,6-11,14H2,1H3/t2*19-/m10/s1. The number of tetrazole rings is 2. The quantitative estimate of drug-likeness (QED) is 0.181. The van der Waals surface area contributed by atoms with Gasteiger partial charge in [-0.15, -0.1) is 10.2 Å². The number of pyridine rings is 2. The predicted molar refractivity (Wildman–Crippen MR) is 250 cm³/mol. The van der Waals surface area contributed by atoms with E-state index in [4.69, 9.17) is 9.47 Å². The van der Waals surface area contributed by atoms with Crippen molar-refractivity contribution in [3.63, 3.8) is 0 Å². The normalized spacial score (nSPS) is 19.5. The molecule has 2 fully saturated rings. The third-order valence-electron chi connectivity index (χ3n) is 15.3. The lowest BCUT2D eigenvalue weighted by molar-refractivity contribution is -0.135. The van der Waals surface area contributed by atoms with E-state index in [0.29, 0.717) is 36.0 Å². The van der Waals surface area contributed by atoms with Gasteiger partial charge in [0.15, 0.2) is 11.6 Å². The minimum atomic E-state index is -0.218. The van der Waals surface area contributed by atoms with Crippen molar-refractivity contribution in [2.75, 3.05) is 65.4 Å². The monoisotopic (exact) mass is 946 g/mol. The van der Waals surface area contributed by atoms with Crippen LogP contribution in [0.15, 0.2) is 61.4 Å². The lowest BCUT2D eigenvalue weighted by atomic mass is 9.96. The Morgan fingerprint density at radius 1 is 0.600 bits per heavy atom. The van der Waals surface area contributed by atoms with Crippen LogP contribution in [0.3, 0.4) is 0 Å². The first-order valence-electron chi connectivity index (χ1n) is 24.2. The SMILES string of the molecule is Cc1c(CCN2CCN(C(=O)[C@@H]3CCc4cc(-n5cnnn5)ncc43)CC2)ccc2c1COC2=O.Cc1c(CCN2CCN(C(=O)[C@H]3CCc4cc(-n5cnnn5)ncc43)CC2)ccc2c1COC2=O. The lowest BCUT2D eigenvalue weighted by Gasteiger charge is -2.36. The number of ether oxygens (including phenoxy) is 2. The summed E-state index contributed by atoms with van der Waals surface area (Å²) in [6, 6.07) is 11.9. The lowest BCUT2D eigenvalue weighted by Crippen LogP contribution is -2.50. The summed E-state index contributed by atoms with van der Waals surface area (Å²) in [5.41, 5.74) is 12.7. The van der Waals surface area contributed by atoms with Gasteiger partial charge in [-0.1, -0.05) is 12.1 Å². The van der Waals surface area contributed by atoms with Crippen LogP contribution in [0.1, 0.15) is 101 Å². The second-order valence-corrected chi connectivity index (χ2v) is 18.9. The average molecular weight is 947 g/mol. The number of nitrogens with zero attached hydrogens (tertiary/aromatic N) is 14. The van der Waals surface area contributed by atoms with Gasteiger partial charge >= 0.3 is 11.9 Å². The molecule has 12 rings (SSSR count). The fourth-order valence-electron chi connectivity index (χ4n) is 11.0. The first-order valence-corrected chi connectivity index (χ1v) is 24.2. The van der Waals surface area contributed by atoms with E-state index in [9.17, 15) is 19.2 Å². The maximum atomic E-state index is 13.3. The number of carbonyl (C=O) groups is 4. The maximum absolute atomic E-state index is 13.3. The highest BCUT2D eigenvalue weighted by atomic mass is 16.5. The van der Waals surface area contributed by atoms with Crippen LogP contribution in [-0.4, -0.2) is 159 Å². The van der Waals surface area contributed by atoms with E-state index >= 15 is 0 Å². The molecule has 2 saturated heterocycles. The first-order chi connectivity index (χ1) is 34.2. The second-order valence-electron chi connectivity index (χ2n) is 18.9. The molecule has 0 radical (unpaired) electrons. The van der Waals surface area contributed by atoms with Gasteiger partial charge in [0.2, 0.25) is 11.8 Å². The molecule has 0 unspecified atom stereocenters. The largest absolute Gasteiger partial charge is 0.457 e. The van der Waals surface area contributed by atoms with Crippen LogP contribution in [0, 0.1) is 13.8 Å². The molecule has 360 valence electrons. The molecule has 20 nitrogen and oxygen atoms in total. The van der Waals surface area contributed by atoms with Gasteiger partial charge in [-0.3, -0.25) is 19.4 Å². The molecule has 8 heterocycles. The van der Waals surface area contributed by atoms with Crippen LogP contribution in [0.4, 0.5) is 0 Å². The van der Waals surface area contributed by atoms with Gasteiger partial charge in [-0.2, -0.15) is 9.36 Å². The summed E-state index contributed by atoms with van der Waals surface area (Å²) in [6.07, 6.45) is 11.9. The van der Waals surface area contributed by atoms with Gasteiger partial charge in [-0.05, 0) is 142 Å². The Labute approximate surface area is 403 Å². The molecule has 0 N–H and O–H groups in total. The highest BCUT2D eigenvalue weighted by molar-refractivity contribution is 5.94. The zero-order valence-electron chi connectivity index (χ0n) is 39.4. The van der Waals surface area contributed by atoms with Gasteiger partial charge in [0.25, 0.3) is 0 Å². The number of piperazine rings is 2. The molecule has 0 spiro atoms. The van der Waals surface area contributed by atoms with E-state index < -0.39 is 0 Å². The van der Waals surface area contributed by atoms with Crippen molar-refractivity contribution >= 4 is 23.8 Å². The van der Waals surface area contributed by atoms with Gasteiger partial charge in [0.1, 0.15) is 25.9 Å². The Morgan fingerprint density at radius 3 is 1.43 bits per heavy atom. The van der Waals surface area contributed by atoms with Crippen LogP contribution in [0.5, 0.6) is 0 Å². The van der Waals surface area contributed by atoms with Gasteiger partial charge < -0.3 is 19.3 Å². The van der Waals surface area contributed by atoms with Crippen molar-refractivity contribution in [1.82, 2.24) is 70.0 Å². The molecule has 2 atom stereocenters. The second kappa shape index (κ2) is 19.2. The molecule has 4 aromatic heterocycles. The number of aryl methyl sites for hydroxylation is 2. The Hall–Kier alpha value is -7.32. The number of hydrogen-bond donors (Lipinski definition) is 0. The molecule has 4 aliphatic heterocycles. The van der Waals surface area contributed by atoms with E-state index in [1.54, 1.807) is 0 Å².